The number of phenolic OH excluding ortho intramolecular Hbond substituents is 1. The van der Waals surface area contributed by atoms with Crippen LogP contribution in [0.15, 0.2) is 35.5 Å². The normalized spacial score (nSPS) is 11.1. The highest BCUT2D eigenvalue weighted by Crippen LogP contribution is 2.29. The summed E-state index contributed by atoms with van der Waals surface area (Å²) in [6, 6.07) is 7.45. The van der Waals surface area contributed by atoms with E-state index < -0.39 is 0 Å². The summed E-state index contributed by atoms with van der Waals surface area (Å²) < 4.78 is 7.16. The van der Waals surface area contributed by atoms with Crippen LogP contribution in [0, 0.1) is 0 Å². The molecule has 0 spiro atoms. The van der Waals surface area contributed by atoms with Crippen LogP contribution in [0.4, 0.5) is 0 Å². The van der Waals surface area contributed by atoms with Gasteiger partial charge in [0.05, 0.1) is 18.7 Å². The molecule has 0 saturated heterocycles. The molecule has 0 amide bonds. The molecule has 1 heterocycles. The van der Waals surface area contributed by atoms with Crippen molar-refractivity contribution >= 4 is 41.5 Å². The SMILES string of the molecule is CCNC(=NCCc1cccc(OC)c1O)N(C)Cc1cc(Cl)cn1C.I. The van der Waals surface area contributed by atoms with Crippen LogP contribution in [0.25, 0.3) is 0 Å². The van der Waals surface area contributed by atoms with E-state index in [4.69, 9.17) is 16.3 Å². The molecule has 2 N–H and O–H groups in total. The zero-order valence-electron chi connectivity index (χ0n) is 16.2. The molecule has 1 aromatic carbocycles. The van der Waals surface area contributed by atoms with E-state index in [1.165, 1.54) is 0 Å². The Labute approximate surface area is 183 Å². The highest BCUT2D eigenvalue weighted by atomic mass is 127. The molecular formula is C19H28ClIN4O2. The fraction of sp³-hybridized carbons (Fsp3) is 0.421. The van der Waals surface area contributed by atoms with Gasteiger partial charge in [-0.2, -0.15) is 0 Å². The average molecular weight is 507 g/mol. The number of hydrogen-bond donors (Lipinski definition) is 2. The number of benzene rings is 1. The number of aromatic nitrogens is 1. The number of methoxy groups -OCH3 is 1. The molecule has 2 aromatic rings. The summed E-state index contributed by atoms with van der Waals surface area (Å²) in [5.41, 5.74) is 1.93. The quantitative estimate of drug-likeness (QED) is 0.342. The van der Waals surface area contributed by atoms with Crippen molar-refractivity contribution in [1.29, 1.82) is 0 Å². The number of rotatable bonds is 7. The van der Waals surface area contributed by atoms with Crippen LogP contribution in [0.1, 0.15) is 18.2 Å². The molecular weight excluding hydrogens is 479 g/mol. The summed E-state index contributed by atoms with van der Waals surface area (Å²) in [5.74, 6) is 1.48. The van der Waals surface area contributed by atoms with Crippen molar-refractivity contribution < 1.29 is 9.84 Å². The molecule has 0 unspecified atom stereocenters. The van der Waals surface area contributed by atoms with E-state index in [-0.39, 0.29) is 29.7 Å². The number of nitrogens with zero attached hydrogens (tertiary/aromatic N) is 3. The Bertz CT molecular complexity index is 764. The Morgan fingerprint density at radius 1 is 1.41 bits per heavy atom. The minimum Gasteiger partial charge on any atom is -0.504 e. The molecule has 0 fully saturated rings. The molecule has 0 aliphatic carbocycles. The van der Waals surface area contributed by atoms with Gasteiger partial charge in [0.25, 0.3) is 0 Å². The average Bonchev–Trinajstić information content (AvgIpc) is 2.92. The van der Waals surface area contributed by atoms with Crippen molar-refractivity contribution in [2.45, 2.75) is 19.9 Å². The molecule has 6 nitrogen and oxygen atoms in total. The zero-order chi connectivity index (χ0) is 19.1. The number of aliphatic imine (C=N–C) groups is 1. The smallest absolute Gasteiger partial charge is 0.194 e. The second-order valence-corrected chi connectivity index (χ2v) is 6.51. The lowest BCUT2D eigenvalue weighted by molar-refractivity contribution is 0.370. The topological polar surface area (TPSA) is 62.0 Å². The van der Waals surface area contributed by atoms with Gasteiger partial charge in [0, 0.05) is 39.1 Å². The van der Waals surface area contributed by atoms with Gasteiger partial charge in [0.1, 0.15) is 0 Å². The molecule has 150 valence electrons. The second-order valence-electron chi connectivity index (χ2n) is 6.07. The Morgan fingerprint density at radius 2 is 2.15 bits per heavy atom. The van der Waals surface area contributed by atoms with E-state index in [1.54, 1.807) is 13.2 Å². The fourth-order valence-corrected chi connectivity index (χ4v) is 3.00. The van der Waals surface area contributed by atoms with Gasteiger partial charge < -0.3 is 24.6 Å². The molecule has 0 atom stereocenters. The molecule has 0 saturated carbocycles. The van der Waals surface area contributed by atoms with Crippen LogP contribution < -0.4 is 10.1 Å². The molecule has 1 aromatic heterocycles. The first-order valence-electron chi connectivity index (χ1n) is 8.61. The van der Waals surface area contributed by atoms with E-state index in [0.717, 1.165) is 28.8 Å². The Hall–Kier alpha value is -1.61. The molecule has 0 aliphatic heterocycles. The van der Waals surface area contributed by atoms with Crippen LogP contribution in [0.5, 0.6) is 11.5 Å². The molecule has 0 aliphatic rings. The number of guanidine groups is 1. The molecule has 27 heavy (non-hydrogen) atoms. The van der Waals surface area contributed by atoms with Crippen molar-refractivity contribution in [3.63, 3.8) is 0 Å². The minimum absolute atomic E-state index is 0. The van der Waals surface area contributed by atoms with Gasteiger partial charge >= 0.3 is 0 Å². The monoisotopic (exact) mass is 506 g/mol. The second kappa shape index (κ2) is 11.3. The Balaban J connectivity index is 0.00000364. The van der Waals surface area contributed by atoms with Gasteiger partial charge in [-0.3, -0.25) is 4.99 Å². The maximum absolute atomic E-state index is 10.2. The zero-order valence-corrected chi connectivity index (χ0v) is 19.3. The van der Waals surface area contributed by atoms with E-state index in [0.29, 0.717) is 25.3 Å². The number of aryl methyl sites for hydroxylation is 1. The summed E-state index contributed by atoms with van der Waals surface area (Å²) in [7, 11) is 5.52. The van der Waals surface area contributed by atoms with Crippen LogP contribution in [-0.4, -0.2) is 47.8 Å². The van der Waals surface area contributed by atoms with Crippen molar-refractivity contribution in [3.8, 4) is 11.5 Å². The third kappa shape index (κ3) is 6.49. The first kappa shape index (κ1) is 23.4. The number of para-hydroxylation sites is 1. The number of halogens is 2. The van der Waals surface area contributed by atoms with Gasteiger partial charge in [-0.25, -0.2) is 0 Å². The maximum atomic E-state index is 10.2. The largest absolute Gasteiger partial charge is 0.504 e. The summed E-state index contributed by atoms with van der Waals surface area (Å²) >= 11 is 6.06. The lowest BCUT2D eigenvalue weighted by Gasteiger charge is -2.22. The number of hydrogen-bond acceptors (Lipinski definition) is 3. The van der Waals surface area contributed by atoms with Crippen molar-refractivity contribution in [2.24, 2.45) is 12.0 Å². The van der Waals surface area contributed by atoms with Gasteiger partial charge in [0.2, 0.25) is 0 Å². The summed E-state index contributed by atoms with van der Waals surface area (Å²) in [4.78, 5) is 6.73. The van der Waals surface area contributed by atoms with Crippen LogP contribution in [0.2, 0.25) is 5.02 Å². The van der Waals surface area contributed by atoms with Gasteiger partial charge in [-0.1, -0.05) is 23.7 Å². The minimum atomic E-state index is 0. The highest BCUT2D eigenvalue weighted by molar-refractivity contribution is 14.0. The summed E-state index contributed by atoms with van der Waals surface area (Å²) in [6.07, 6.45) is 2.52. The van der Waals surface area contributed by atoms with Crippen LogP contribution >= 0.6 is 35.6 Å². The standard InChI is InChI=1S/C19H27ClN4O2.HI/c1-5-21-19(24(3)13-16-11-15(20)12-23(16)2)22-10-9-14-7-6-8-17(26-4)18(14)25;/h6-8,11-12,25H,5,9-10,13H2,1-4H3,(H,21,22);1H. The molecule has 0 bridgehead atoms. The van der Waals surface area contributed by atoms with Crippen molar-refractivity contribution in [3.05, 3.63) is 46.7 Å². The third-order valence-electron chi connectivity index (χ3n) is 4.12. The number of aromatic hydroxyl groups is 1. The van der Waals surface area contributed by atoms with E-state index in [1.807, 2.05) is 50.0 Å². The van der Waals surface area contributed by atoms with Crippen molar-refractivity contribution in [2.75, 3.05) is 27.2 Å². The summed E-state index contributed by atoms with van der Waals surface area (Å²) in [6.45, 7) is 4.07. The third-order valence-corrected chi connectivity index (χ3v) is 4.32. The van der Waals surface area contributed by atoms with Gasteiger partial charge in [0.15, 0.2) is 17.5 Å². The first-order valence-corrected chi connectivity index (χ1v) is 8.99. The van der Waals surface area contributed by atoms with E-state index in [9.17, 15) is 5.11 Å². The Kier molecular flexibility index (Phi) is 9.79. The number of nitrogens with one attached hydrogen (secondary N) is 1. The number of ether oxygens (including phenoxy) is 1. The first-order chi connectivity index (χ1) is 12.5. The summed E-state index contributed by atoms with van der Waals surface area (Å²) in [5, 5.41) is 14.2. The molecule has 2 rings (SSSR count). The fourth-order valence-electron chi connectivity index (χ4n) is 2.73. The number of phenols is 1. The maximum Gasteiger partial charge on any atom is 0.194 e. The predicted octanol–water partition coefficient (Wildman–Crippen LogP) is 3.65. The molecule has 8 heteroatoms. The lowest BCUT2D eigenvalue weighted by Crippen LogP contribution is -2.39. The predicted molar refractivity (Wildman–Crippen MR) is 122 cm³/mol. The highest BCUT2D eigenvalue weighted by Gasteiger charge is 2.11. The van der Waals surface area contributed by atoms with E-state index >= 15 is 0 Å². The lowest BCUT2D eigenvalue weighted by atomic mass is 10.1. The van der Waals surface area contributed by atoms with Crippen LogP contribution in [-0.2, 0) is 20.0 Å². The van der Waals surface area contributed by atoms with E-state index in [2.05, 4.69) is 15.2 Å². The van der Waals surface area contributed by atoms with Gasteiger partial charge in [-0.15, -0.1) is 24.0 Å². The Morgan fingerprint density at radius 3 is 2.74 bits per heavy atom. The van der Waals surface area contributed by atoms with Crippen molar-refractivity contribution in [1.82, 2.24) is 14.8 Å². The van der Waals surface area contributed by atoms with Gasteiger partial charge in [-0.05, 0) is 31.0 Å². The van der Waals surface area contributed by atoms with Crippen LogP contribution in [0.3, 0.4) is 0 Å². The molecule has 0 radical (unpaired) electrons.